The van der Waals surface area contributed by atoms with Gasteiger partial charge in [-0.1, -0.05) is 32.0 Å². The lowest BCUT2D eigenvalue weighted by molar-refractivity contribution is 0.131. The predicted molar refractivity (Wildman–Crippen MR) is 143 cm³/mol. The molecule has 1 aliphatic heterocycles. The van der Waals surface area contributed by atoms with Gasteiger partial charge in [0, 0.05) is 40.4 Å². The average molecular weight is 510 g/mol. The Kier molecular flexibility index (Phi) is 5.45. The molecule has 0 fully saturated rings. The van der Waals surface area contributed by atoms with E-state index in [2.05, 4.69) is 28.8 Å². The Morgan fingerprint density at radius 3 is 2.37 bits per heavy atom. The van der Waals surface area contributed by atoms with Gasteiger partial charge < -0.3 is 14.5 Å². The second-order valence-corrected chi connectivity index (χ2v) is 11.1. The summed E-state index contributed by atoms with van der Waals surface area (Å²) in [5.74, 6) is 1.32. The van der Waals surface area contributed by atoms with Gasteiger partial charge in [-0.3, -0.25) is 0 Å². The first-order valence-corrected chi connectivity index (χ1v) is 12.5. The van der Waals surface area contributed by atoms with Crippen LogP contribution in [0.25, 0.3) is 22.6 Å². The number of aromatic nitrogens is 5. The van der Waals surface area contributed by atoms with Crippen molar-refractivity contribution in [2.24, 2.45) is 0 Å². The number of para-hydroxylation sites is 1. The van der Waals surface area contributed by atoms with Crippen LogP contribution >= 0.6 is 0 Å². The maximum Gasteiger partial charge on any atom is 0.223 e. The van der Waals surface area contributed by atoms with Crippen molar-refractivity contribution in [3.8, 4) is 28.6 Å². The van der Waals surface area contributed by atoms with Crippen LogP contribution < -0.4 is 9.47 Å². The van der Waals surface area contributed by atoms with Crippen LogP contribution in [-0.4, -0.2) is 30.5 Å². The van der Waals surface area contributed by atoms with E-state index in [0.717, 1.165) is 28.1 Å². The van der Waals surface area contributed by atoms with Crippen LogP contribution in [0.5, 0.6) is 17.4 Å². The molecule has 0 aliphatic carbocycles. The number of rotatable bonds is 4. The van der Waals surface area contributed by atoms with Crippen molar-refractivity contribution in [2.75, 3.05) is 0 Å². The lowest BCUT2D eigenvalue weighted by Gasteiger charge is -2.37. The molecule has 3 aromatic heterocycles. The highest BCUT2D eigenvalue weighted by molar-refractivity contribution is 5.66. The first kappa shape index (κ1) is 24.0. The monoisotopic (exact) mass is 509 g/mol. The van der Waals surface area contributed by atoms with Gasteiger partial charge in [-0.05, 0) is 57.2 Å². The van der Waals surface area contributed by atoms with E-state index in [1.807, 2.05) is 63.2 Å². The lowest BCUT2D eigenvalue weighted by atomic mass is 9.69. The number of nitrogens with one attached hydrogen (secondary N) is 1. The summed E-state index contributed by atoms with van der Waals surface area (Å²) < 4.78 is 27.1. The second kappa shape index (κ2) is 8.62. The summed E-state index contributed by atoms with van der Waals surface area (Å²) in [4.78, 5) is 21.6. The molecule has 0 spiro atoms. The number of pyridine rings is 1. The van der Waals surface area contributed by atoms with Gasteiger partial charge in [0.25, 0.3) is 0 Å². The number of nitrogens with zero attached hydrogens (tertiary/aromatic N) is 4. The van der Waals surface area contributed by atoms with Gasteiger partial charge in [0.2, 0.25) is 5.88 Å². The number of H-pyrrole nitrogens is 1. The summed E-state index contributed by atoms with van der Waals surface area (Å²) in [6, 6.07) is 16.8. The second-order valence-electron chi connectivity index (χ2n) is 11.1. The molecule has 8 heteroatoms. The Morgan fingerprint density at radius 1 is 0.868 bits per heavy atom. The molecule has 6 rings (SSSR count). The molecular weight excluding hydrogens is 481 g/mol. The first-order valence-electron chi connectivity index (χ1n) is 12.5. The molecule has 0 unspecified atom stereocenters. The van der Waals surface area contributed by atoms with Crippen LogP contribution in [0.1, 0.15) is 57.5 Å². The van der Waals surface area contributed by atoms with Crippen LogP contribution in [0.3, 0.4) is 0 Å². The number of ether oxygens (including phenoxy) is 2. The summed E-state index contributed by atoms with van der Waals surface area (Å²) in [6.45, 7) is 10.2. The Morgan fingerprint density at radius 2 is 1.63 bits per heavy atom. The van der Waals surface area contributed by atoms with Crippen molar-refractivity contribution in [3.63, 3.8) is 0 Å². The minimum atomic E-state index is -0.599. The Balaban J connectivity index is 1.44. The fourth-order valence-corrected chi connectivity index (χ4v) is 5.05. The van der Waals surface area contributed by atoms with Crippen LogP contribution in [0.2, 0.25) is 0 Å². The van der Waals surface area contributed by atoms with Gasteiger partial charge in [-0.25, -0.2) is 24.3 Å². The maximum atomic E-state index is 15.1. The van der Waals surface area contributed by atoms with E-state index < -0.39 is 11.2 Å². The SMILES string of the molecule is CC(C)(C)Oc1ccc(-c2ccc3c(n2)Oc2c(F)cccc2[C@@H]3C(C)(C)c2nc3nccnc3[nH]2)cc1. The Labute approximate surface area is 220 Å². The first-order chi connectivity index (χ1) is 18.1. The predicted octanol–water partition coefficient (Wildman–Crippen LogP) is 6.95. The van der Waals surface area contributed by atoms with Gasteiger partial charge in [-0.2, -0.15) is 0 Å². The van der Waals surface area contributed by atoms with Crippen molar-refractivity contribution >= 4 is 11.3 Å². The smallest absolute Gasteiger partial charge is 0.223 e. The summed E-state index contributed by atoms with van der Waals surface area (Å²) in [5, 5.41) is 0. The third kappa shape index (κ3) is 4.16. The van der Waals surface area contributed by atoms with Crippen molar-refractivity contribution in [2.45, 2.75) is 51.6 Å². The third-order valence-electron chi connectivity index (χ3n) is 6.75. The number of hydrogen-bond donors (Lipinski definition) is 1. The molecule has 7 nitrogen and oxygen atoms in total. The van der Waals surface area contributed by atoms with E-state index in [-0.39, 0.29) is 17.3 Å². The maximum absolute atomic E-state index is 15.1. The Hall–Kier alpha value is -4.33. The molecule has 38 heavy (non-hydrogen) atoms. The fourth-order valence-electron chi connectivity index (χ4n) is 5.05. The average Bonchev–Trinajstić information content (AvgIpc) is 3.32. The minimum absolute atomic E-state index is 0.184. The van der Waals surface area contributed by atoms with Crippen molar-refractivity contribution in [1.29, 1.82) is 0 Å². The number of fused-ring (bicyclic) bond motifs is 3. The van der Waals surface area contributed by atoms with Gasteiger partial charge in [0.05, 0.1) is 5.69 Å². The molecule has 0 saturated carbocycles. The number of benzene rings is 2. The van der Waals surface area contributed by atoms with Crippen LogP contribution in [0.15, 0.2) is 67.0 Å². The summed E-state index contributed by atoms with van der Waals surface area (Å²) >= 11 is 0. The van der Waals surface area contributed by atoms with Crippen LogP contribution in [0.4, 0.5) is 4.39 Å². The number of aromatic amines is 1. The zero-order valence-electron chi connectivity index (χ0n) is 21.9. The number of hydrogen-bond acceptors (Lipinski definition) is 6. The highest BCUT2D eigenvalue weighted by Gasteiger charge is 2.43. The molecule has 2 aromatic carbocycles. The molecule has 1 N–H and O–H groups in total. The fraction of sp³-hybridized carbons (Fsp3) is 0.267. The van der Waals surface area contributed by atoms with Crippen molar-refractivity contribution in [1.82, 2.24) is 24.9 Å². The molecule has 4 heterocycles. The van der Waals surface area contributed by atoms with Crippen LogP contribution in [-0.2, 0) is 5.41 Å². The molecule has 0 saturated heterocycles. The third-order valence-corrected chi connectivity index (χ3v) is 6.75. The highest BCUT2D eigenvalue weighted by Crippen LogP contribution is 2.52. The molecule has 192 valence electrons. The number of imidazole rings is 1. The molecule has 5 aromatic rings. The largest absolute Gasteiger partial charge is 0.488 e. The molecule has 1 aliphatic rings. The summed E-state index contributed by atoms with van der Waals surface area (Å²) in [5.41, 5.74) is 3.47. The minimum Gasteiger partial charge on any atom is -0.488 e. The van der Waals surface area contributed by atoms with Crippen molar-refractivity contribution < 1.29 is 13.9 Å². The van der Waals surface area contributed by atoms with Gasteiger partial charge in [0.1, 0.15) is 17.2 Å². The van der Waals surface area contributed by atoms with E-state index in [1.165, 1.54) is 6.07 Å². The molecule has 0 radical (unpaired) electrons. The van der Waals surface area contributed by atoms with E-state index in [9.17, 15) is 0 Å². The molecule has 1 atom stereocenters. The molecular formula is C30H28FN5O2. The lowest BCUT2D eigenvalue weighted by Crippen LogP contribution is -2.32. The zero-order chi connectivity index (χ0) is 26.7. The van der Waals surface area contributed by atoms with E-state index in [1.54, 1.807) is 18.5 Å². The van der Waals surface area contributed by atoms with E-state index in [0.29, 0.717) is 23.0 Å². The van der Waals surface area contributed by atoms with E-state index in [4.69, 9.17) is 19.4 Å². The van der Waals surface area contributed by atoms with Gasteiger partial charge >= 0.3 is 0 Å². The summed E-state index contributed by atoms with van der Waals surface area (Å²) in [6.07, 6.45) is 3.24. The van der Waals surface area contributed by atoms with Crippen LogP contribution in [0, 0.1) is 5.82 Å². The zero-order valence-corrected chi connectivity index (χ0v) is 21.9. The standard InChI is InChI=1S/C30H28FN5O2/c1-29(2,3)38-18-11-9-17(10-12-18)22-14-13-20-23(19-7-6-8-21(31)24(19)37-27(20)34-22)30(4,5)28-35-25-26(36-28)33-16-15-32-25/h6-16,23H,1-5H3,(H,32,33,35,36)/t23-/m0/s1. The highest BCUT2D eigenvalue weighted by atomic mass is 19.1. The van der Waals surface area contributed by atoms with Gasteiger partial charge in [0.15, 0.2) is 22.9 Å². The van der Waals surface area contributed by atoms with E-state index >= 15 is 4.39 Å². The number of halogens is 1. The topological polar surface area (TPSA) is 85.8 Å². The quantitative estimate of drug-likeness (QED) is 0.282. The molecule has 0 amide bonds. The normalized spacial score (nSPS) is 15.1. The summed E-state index contributed by atoms with van der Waals surface area (Å²) in [7, 11) is 0. The molecule has 0 bridgehead atoms. The Bertz CT molecular complexity index is 1620. The van der Waals surface area contributed by atoms with Gasteiger partial charge in [-0.15, -0.1) is 0 Å². The van der Waals surface area contributed by atoms with Crippen molar-refractivity contribution in [3.05, 3.63) is 89.8 Å².